The average Bonchev–Trinajstić information content (AvgIpc) is 3.02. The summed E-state index contributed by atoms with van der Waals surface area (Å²) in [4.78, 5) is 11.9. The number of hydrogen-bond acceptors (Lipinski definition) is 4. The molecule has 1 saturated heterocycles. The van der Waals surface area contributed by atoms with Crippen LogP contribution in [0.2, 0.25) is 0 Å². The lowest BCUT2D eigenvalue weighted by Crippen LogP contribution is -2.27. The van der Waals surface area contributed by atoms with E-state index in [1.165, 1.54) is 22.5 Å². The van der Waals surface area contributed by atoms with Gasteiger partial charge in [-0.15, -0.1) is 5.10 Å². The number of amidine groups is 1. The van der Waals surface area contributed by atoms with E-state index in [0.29, 0.717) is 5.17 Å². The highest BCUT2D eigenvalue weighted by Crippen LogP contribution is 2.28. The van der Waals surface area contributed by atoms with Gasteiger partial charge in [0.1, 0.15) is 0 Å². The van der Waals surface area contributed by atoms with Crippen molar-refractivity contribution in [1.82, 2.24) is 5.32 Å². The molecule has 130 valence electrons. The molecular formula is C21H19N3OS. The van der Waals surface area contributed by atoms with Crippen LogP contribution in [0.15, 0.2) is 64.8 Å². The first-order valence-corrected chi connectivity index (χ1v) is 9.50. The molecule has 4 nitrogen and oxygen atoms in total. The Kier molecular flexibility index (Phi) is 4.47. The number of hydrogen-bond donors (Lipinski definition) is 1. The van der Waals surface area contributed by atoms with Crippen molar-refractivity contribution in [2.24, 2.45) is 16.1 Å². The van der Waals surface area contributed by atoms with Gasteiger partial charge in [0.05, 0.1) is 11.5 Å². The molecule has 0 aromatic heterocycles. The Hall–Kier alpha value is -2.66. The SMILES string of the molecule is CC(C)[C@@H]1S/C(=N/N=C\c2c3ccccc3cc3ccccc23)NC1=O. The van der Waals surface area contributed by atoms with Gasteiger partial charge in [0.25, 0.3) is 0 Å². The maximum Gasteiger partial charge on any atom is 0.239 e. The van der Waals surface area contributed by atoms with Crippen LogP contribution in [0.5, 0.6) is 0 Å². The van der Waals surface area contributed by atoms with E-state index >= 15 is 0 Å². The molecule has 0 spiro atoms. The summed E-state index contributed by atoms with van der Waals surface area (Å²) in [6.45, 7) is 4.07. The summed E-state index contributed by atoms with van der Waals surface area (Å²) < 4.78 is 0. The molecule has 0 radical (unpaired) electrons. The Morgan fingerprint density at radius 3 is 2.23 bits per heavy atom. The summed E-state index contributed by atoms with van der Waals surface area (Å²) in [6.07, 6.45) is 1.78. The first-order valence-electron chi connectivity index (χ1n) is 8.62. The quantitative estimate of drug-likeness (QED) is 0.422. The number of nitrogens with zero attached hydrogens (tertiary/aromatic N) is 2. The second kappa shape index (κ2) is 6.92. The van der Waals surface area contributed by atoms with Gasteiger partial charge >= 0.3 is 0 Å². The van der Waals surface area contributed by atoms with E-state index in [2.05, 4.69) is 45.9 Å². The lowest BCUT2D eigenvalue weighted by molar-refractivity contribution is -0.119. The maximum absolute atomic E-state index is 11.9. The summed E-state index contributed by atoms with van der Waals surface area (Å²) in [5.41, 5.74) is 1.04. The van der Waals surface area contributed by atoms with E-state index in [4.69, 9.17) is 0 Å². The second-order valence-corrected chi connectivity index (χ2v) is 7.78. The zero-order valence-corrected chi connectivity index (χ0v) is 15.5. The molecule has 1 atom stereocenters. The van der Waals surface area contributed by atoms with Gasteiger partial charge in [-0.1, -0.05) is 74.1 Å². The number of benzene rings is 3. The highest BCUT2D eigenvalue weighted by Gasteiger charge is 2.32. The van der Waals surface area contributed by atoms with Crippen LogP contribution in [0.4, 0.5) is 0 Å². The second-order valence-electron chi connectivity index (χ2n) is 6.65. The van der Waals surface area contributed by atoms with Crippen molar-refractivity contribution < 1.29 is 4.79 Å². The molecule has 5 heteroatoms. The molecule has 1 aliphatic heterocycles. The number of nitrogens with one attached hydrogen (secondary N) is 1. The van der Waals surface area contributed by atoms with E-state index in [-0.39, 0.29) is 17.1 Å². The zero-order chi connectivity index (χ0) is 18.1. The lowest BCUT2D eigenvalue weighted by Gasteiger charge is -2.07. The Morgan fingerprint density at radius 2 is 1.65 bits per heavy atom. The molecule has 0 unspecified atom stereocenters. The average molecular weight is 361 g/mol. The molecule has 1 N–H and O–H groups in total. The molecule has 1 aliphatic rings. The van der Waals surface area contributed by atoms with Crippen LogP contribution in [-0.4, -0.2) is 22.5 Å². The lowest BCUT2D eigenvalue weighted by atomic mass is 9.97. The van der Waals surface area contributed by atoms with E-state index in [0.717, 1.165) is 16.3 Å². The first-order chi connectivity index (χ1) is 12.6. The van der Waals surface area contributed by atoms with Gasteiger partial charge in [-0.25, -0.2) is 0 Å². The van der Waals surface area contributed by atoms with Crippen LogP contribution >= 0.6 is 11.8 Å². The molecule has 0 bridgehead atoms. The van der Waals surface area contributed by atoms with Crippen molar-refractivity contribution in [2.75, 3.05) is 0 Å². The zero-order valence-electron chi connectivity index (χ0n) is 14.6. The third-order valence-electron chi connectivity index (χ3n) is 4.48. The topological polar surface area (TPSA) is 53.8 Å². The summed E-state index contributed by atoms with van der Waals surface area (Å²) in [7, 11) is 0. The number of carbonyl (C=O) groups is 1. The Bertz CT molecular complexity index is 1000. The van der Waals surface area contributed by atoms with Crippen LogP contribution in [0, 0.1) is 5.92 Å². The molecule has 3 aromatic carbocycles. The molecule has 4 rings (SSSR count). The summed E-state index contributed by atoms with van der Waals surface area (Å²) >= 11 is 1.44. The van der Waals surface area contributed by atoms with Crippen molar-refractivity contribution >= 4 is 50.6 Å². The molecular weight excluding hydrogens is 342 g/mol. The van der Waals surface area contributed by atoms with E-state index in [1.807, 2.05) is 38.1 Å². The van der Waals surface area contributed by atoms with Crippen LogP contribution in [0.3, 0.4) is 0 Å². The summed E-state index contributed by atoms with van der Waals surface area (Å²) in [5.74, 6) is 0.272. The molecule has 26 heavy (non-hydrogen) atoms. The van der Waals surface area contributed by atoms with E-state index in [9.17, 15) is 4.79 Å². The summed E-state index contributed by atoms with van der Waals surface area (Å²) in [5, 5.41) is 16.4. The third-order valence-corrected chi connectivity index (χ3v) is 5.90. The van der Waals surface area contributed by atoms with Gasteiger partial charge in [0, 0.05) is 5.56 Å². The molecule has 3 aromatic rings. The fraction of sp³-hybridized carbons (Fsp3) is 0.190. The highest BCUT2D eigenvalue weighted by atomic mass is 32.2. The van der Waals surface area contributed by atoms with Crippen molar-refractivity contribution in [2.45, 2.75) is 19.1 Å². The smallest absolute Gasteiger partial charge is 0.239 e. The third kappa shape index (κ3) is 3.10. The minimum Gasteiger partial charge on any atom is -0.303 e. The van der Waals surface area contributed by atoms with Crippen molar-refractivity contribution in [3.63, 3.8) is 0 Å². The molecule has 0 saturated carbocycles. The number of fused-ring (bicyclic) bond motifs is 2. The number of rotatable bonds is 3. The maximum atomic E-state index is 11.9. The van der Waals surface area contributed by atoms with Gasteiger partial charge < -0.3 is 5.32 Å². The van der Waals surface area contributed by atoms with Crippen molar-refractivity contribution in [1.29, 1.82) is 0 Å². The standard InChI is InChI=1S/C21H19N3OS/c1-13(2)19-20(25)23-21(26-19)24-22-12-18-16-9-5-3-7-14(16)11-15-8-4-6-10-17(15)18/h3-13,19H,1-2H3,(H,23,24,25)/b22-12-/t19-/m0/s1. The summed E-state index contributed by atoms with van der Waals surface area (Å²) in [6, 6.07) is 18.7. The van der Waals surface area contributed by atoms with Crippen LogP contribution in [0.25, 0.3) is 21.5 Å². The predicted octanol–water partition coefficient (Wildman–Crippen LogP) is 4.57. The molecule has 0 aliphatic carbocycles. The Balaban J connectivity index is 1.73. The largest absolute Gasteiger partial charge is 0.303 e. The van der Waals surface area contributed by atoms with Crippen LogP contribution < -0.4 is 5.32 Å². The van der Waals surface area contributed by atoms with E-state index in [1.54, 1.807) is 6.21 Å². The fourth-order valence-corrected chi connectivity index (χ4v) is 4.13. The first kappa shape index (κ1) is 16.8. The Labute approximate surface area is 156 Å². The van der Waals surface area contributed by atoms with Gasteiger partial charge in [0.15, 0.2) is 5.17 Å². The van der Waals surface area contributed by atoms with Crippen molar-refractivity contribution in [3.05, 3.63) is 60.2 Å². The normalized spacial score (nSPS) is 19.3. The minimum absolute atomic E-state index is 0.00885. The van der Waals surface area contributed by atoms with Crippen LogP contribution in [-0.2, 0) is 4.79 Å². The molecule has 1 amide bonds. The minimum atomic E-state index is -0.0951. The van der Waals surface area contributed by atoms with E-state index < -0.39 is 0 Å². The number of amides is 1. The number of thioether (sulfide) groups is 1. The molecule has 1 heterocycles. The van der Waals surface area contributed by atoms with Crippen LogP contribution in [0.1, 0.15) is 19.4 Å². The molecule has 1 fully saturated rings. The van der Waals surface area contributed by atoms with Crippen molar-refractivity contribution in [3.8, 4) is 0 Å². The monoisotopic (exact) mass is 361 g/mol. The highest BCUT2D eigenvalue weighted by molar-refractivity contribution is 8.15. The number of carbonyl (C=O) groups excluding carboxylic acids is 1. The van der Waals surface area contributed by atoms with Gasteiger partial charge in [-0.05, 0) is 33.5 Å². The Morgan fingerprint density at radius 1 is 1.04 bits per heavy atom. The predicted molar refractivity (Wildman–Crippen MR) is 111 cm³/mol. The van der Waals surface area contributed by atoms with Gasteiger partial charge in [-0.2, -0.15) is 5.10 Å². The van der Waals surface area contributed by atoms with Gasteiger partial charge in [0.2, 0.25) is 5.91 Å². The fourth-order valence-electron chi connectivity index (χ4n) is 3.19. The van der Waals surface area contributed by atoms with Gasteiger partial charge in [-0.3, -0.25) is 4.79 Å².